The molecule has 2 heterocycles. The van der Waals surface area contributed by atoms with E-state index < -0.39 is 11.2 Å². The minimum atomic E-state index is -0.964. The van der Waals surface area contributed by atoms with E-state index >= 15 is 0 Å². The van der Waals surface area contributed by atoms with Crippen molar-refractivity contribution in [3.05, 3.63) is 53.3 Å². The fraction of sp³-hybridized carbons (Fsp3) is 0.235. The second kappa shape index (κ2) is 4.22. The third-order valence-corrected chi connectivity index (χ3v) is 4.55. The van der Waals surface area contributed by atoms with Crippen LogP contribution in [-0.2, 0) is 10.2 Å². The Kier molecular flexibility index (Phi) is 2.52. The lowest BCUT2D eigenvalue weighted by Gasteiger charge is -2.21. The number of ether oxygens (including phenoxy) is 2. The van der Waals surface area contributed by atoms with E-state index in [1.54, 1.807) is 11.9 Å². The Morgan fingerprint density at radius 2 is 2.05 bits per heavy atom. The molecule has 0 aliphatic carbocycles. The summed E-state index contributed by atoms with van der Waals surface area (Å²) < 4.78 is 24.9. The lowest BCUT2D eigenvalue weighted by Crippen LogP contribution is -2.41. The van der Waals surface area contributed by atoms with Gasteiger partial charge in [-0.2, -0.15) is 0 Å². The van der Waals surface area contributed by atoms with Gasteiger partial charge < -0.3 is 14.4 Å². The van der Waals surface area contributed by atoms with Crippen molar-refractivity contribution in [1.29, 1.82) is 0 Å². The number of carbonyl (C=O) groups is 1. The first kappa shape index (κ1) is 13.1. The monoisotopic (exact) mass is 299 g/mol. The van der Waals surface area contributed by atoms with Crippen LogP contribution < -0.4 is 14.4 Å². The van der Waals surface area contributed by atoms with Crippen molar-refractivity contribution in [1.82, 2.24) is 0 Å². The van der Waals surface area contributed by atoms with Gasteiger partial charge in [-0.3, -0.25) is 4.79 Å². The molecule has 1 spiro atoms. The number of amides is 1. The number of benzene rings is 2. The van der Waals surface area contributed by atoms with Crippen molar-refractivity contribution in [3.8, 4) is 11.5 Å². The molecule has 0 N–H and O–H groups in total. The summed E-state index contributed by atoms with van der Waals surface area (Å²) in [5, 5.41) is 0. The van der Waals surface area contributed by atoms with Gasteiger partial charge in [-0.1, -0.05) is 18.2 Å². The van der Waals surface area contributed by atoms with Crippen LogP contribution in [0.1, 0.15) is 11.1 Å². The maximum Gasteiger partial charge on any atom is 0.245 e. The molecule has 22 heavy (non-hydrogen) atoms. The number of methoxy groups -OCH3 is 1. The molecule has 112 valence electrons. The summed E-state index contributed by atoms with van der Waals surface area (Å²) in [6.45, 7) is 0.176. The van der Waals surface area contributed by atoms with E-state index in [-0.39, 0.29) is 18.3 Å². The molecule has 0 bridgehead atoms. The van der Waals surface area contributed by atoms with Crippen molar-refractivity contribution in [2.45, 2.75) is 5.41 Å². The Morgan fingerprint density at radius 3 is 2.82 bits per heavy atom. The van der Waals surface area contributed by atoms with Crippen LogP contribution in [0.4, 0.5) is 10.1 Å². The number of hydrogen-bond donors (Lipinski definition) is 0. The van der Waals surface area contributed by atoms with E-state index in [1.807, 2.05) is 24.3 Å². The highest BCUT2D eigenvalue weighted by molar-refractivity contribution is 6.11. The topological polar surface area (TPSA) is 38.8 Å². The maximum absolute atomic E-state index is 14.2. The molecule has 0 saturated carbocycles. The van der Waals surface area contributed by atoms with Gasteiger partial charge in [-0.15, -0.1) is 0 Å². The number of likely N-dealkylation sites (N-methyl/N-ethyl adjacent to an activating group) is 1. The number of carbonyl (C=O) groups excluding carboxylic acids is 1. The van der Waals surface area contributed by atoms with Crippen molar-refractivity contribution in [2.75, 3.05) is 25.7 Å². The number of fused-ring (bicyclic) bond motifs is 4. The predicted octanol–water partition coefficient (Wildman–Crippen LogP) is 2.49. The highest BCUT2D eigenvalue weighted by atomic mass is 19.1. The molecular weight excluding hydrogens is 285 g/mol. The molecule has 0 saturated heterocycles. The second-order valence-corrected chi connectivity index (χ2v) is 5.56. The highest BCUT2D eigenvalue weighted by Crippen LogP contribution is 2.52. The third-order valence-electron chi connectivity index (χ3n) is 4.55. The van der Waals surface area contributed by atoms with Gasteiger partial charge in [0.2, 0.25) is 5.91 Å². The number of anilines is 1. The SMILES string of the molecule is COc1cc2c(cc1F)C1(CO2)C(=O)N(C)c2ccccc21. The van der Waals surface area contributed by atoms with E-state index in [4.69, 9.17) is 9.47 Å². The molecule has 4 rings (SSSR count). The third kappa shape index (κ3) is 1.38. The first-order valence-electron chi connectivity index (χ1n) is 6.98. The maximum atomic E-state index is 14.2. The number of nitrogens with zero attached hydrogens (tertiary/aromatic N) is 1. The second-order valence-electron chi connectivity index (χ2n) is 5.56. The van der Waals surface area contributed by atoms with E-state index in [0.29, 0.717) is 11.3 Å². The molecule has 2 aromatic carbocycles. The first-order valence-corrected chi connectivity index (χ1v) is 6.98. The lowest BCUT2D eigenvalue weighted by atomic mass is 9.77. The molecular formula is C17H14FNO3. The van der Waals surface area contributed by atoms with Crippen LogP contribution in [0.5, 0.6) is 11.5 Å². The Hall–Kier alpha value is -2.56. The summed E-state index contributed by atoms with van der Waals surface area (Å²) in [5.41, 5.74) is 1.28. The van der Waals surface area contributed by atoms with E-state index in [9.17, 15) is 9.18 Å². The fourth-order valence-corrected chi connectivity index (χ4v) is 3.45. The van der Waals surface area contributed by atoms with Gasteiger partial charge >= 0.3 is 0 Å². The Morgan fingerprint density at radius 1 is 1.27 bits per heavy atom. The van der Waals surface area contributed by atoms with Crippen LogP contribution in [0.15, 0.2) is 36.4 Å². The quantitative estimate of drug-likeness (QED) is 0.812. The van der Waals surface area contributed by atoms with Crippen LogP contribution in [0.25, 0.3) is 0 Å². The van der Waals surface area contributed by atoms with E-state index in [1.165, 1.54) is 19.2 Å². The average Bonchev–Trinajstić information content (AvgIpc) is 3.00. The minimum absolute atomic E-state index is 0.1000. The highest BCUT2D eigenvalue weighted by Gasteiger charge is 2.56. The van der Waals surface area contributed by atoms with Crippen molar-refractivity contribution >= 4 is 11.6 Å². The zero-order chi connectivity index (χ0) is 15.5. The van der Waals surface area contributed by atoms with Crippen molar-refractivity contribution in [2.24, 2.45) is 0 Å². The Balaban J connectivity index is 2.00. The van der Waals surface area contributed by atoms with Gasteiger partial charge in [0.15, 0.2) is 11.6 Å². The lowest BCUT2D eigenvalue weighted by molar-refractivity contribution is -0.121. The number of halogens is 1. The number of rotatable bonds is 1. The Labute approximate surface area is 127 Å². The molecule has 0 aromatic heterocycles. The van der Waals surface area contributed by atoms with Gasteiger partial charge in [-0.05, 0) is 17.7 Å². The largest absolute Gasteiger partial charge is 0.494 e. The van der Waals surface area contributed by atoms with E-state index in [2.05, 4.69) is 0 Å². The van der Waals surface area contributed by atoms with Crippen LogP contribution in [0, 0.1) is 5.82 Å². The summed E-state index contributed by atoms with van der Waals surface area (Å²) in [6.07, 6.45) is 0. The molecule has 1 amide bonds. The standard InChI is InChI=1S/C17H14FNO3/c1-19-13-6-4-3-5-10(13)17(16(19)20)9-22-14-8-15(21-2)12(18)7-11(14)17/h3-8H,9H2,1-2H3. The molecule has 5 heteroatoms. The number of hydrogen-bond acceptors (Lipinski definition) is 3. The summed E-state index contributed by atoms with van der Waals surface area (Å²) in [6, 6.07) is 10.4. The summed E-state index contributed by atoms with van der Waals surface area (Å²) in [7, 11) is 3.13. The fourth-order valence-electron chi connectivity index (χ4n) is 3.45. The van der Waals surface area contributed by atoms with Crippen LogP contribution in [0.3, 0.4) is 0 Å². The molecule has 1 atom stereocenters. The van der Waals surface area contributed by atoms with Crippen LogP contribution >= 0.6 is 0 Å². The molecule has 2 aromatic rings. The van der Waals surface area contributed by atoms with Gasteiger partial charge in [0.25, 0.3) is 0 Å². The minimum Gasteiger partial charge on any atom is -0.494 e. The molecule has 4 nitrogen and oxygen atoms in total. The van der Waals surface area contributed by atoms with Gasteiger partial charge in [-0.25, -0.2) is 4.39 Å². The molecule has 2 aliphatic heterocycles. The molecule has 0 fully saturated rings. The predicted molar refractivity (Wildman–Crippen MR) is 79.1 cm³/mol. The smallest absolute Gasteiger partial charge is 0.245 e. The Bertz CT molecular complexity index is 804. The zero-order valence-electron chi connectivity index (χ0n) is 12.2. The van der Waals surface area contributed by atoms with Gasteiger partial charge in [0.1, 0.15) is 17.8 Å². The average molecular weight is 299 g/mol. The summed E-state index contributed by atoms with van der Waals surface area (Å²) in [5.74, 6) is 0.0163. The summed E-state index contributed by atoms with van der Waals surface area (Å²) in [4.78, 5) is 14.5. The van der Waals surface area contributed by atoms with E-state index in [0.717, 1.165) is 11.3 Å². The van der Waals surface area contributed by atoms with Crippen LogP contribution in [0.2, 0.25) is 0 Å². The number of para-hydroxylation sites is 1. The normalized spacial score (nSPS) is 21.8. The van der Waals surface area contributed by atoms with Gasteiger partial charge in [0.05, 0.1) is 7.11 Å². The van der Waals surface area contributed by atoms with Crippen molar-refractivity contribution in [3.63, 3.8) is 0 Å². The molecule has 2 aliphatic rings. The summed E-state index contributed by atoms with van der Waals surface area (Å²) >= 11 is 0. The van der Waals surface area contributed by atoms with Crippen LogP contribution in [-0.4, -0.2) is 26.7 Å². The first-order chi connectivity index (χ1) is 10.6. The van der Waals surface area contributed by atoms with Crippen molar-refractivity contribution < 1.29 is 18.7 Å². The van der Waals surface area contributed by atoms with Gasteiger partial charge in [0, 0.05) is 24.4 Å². The zero-order valence-corrected chi connectivity index (χ0v) is 12.2. The molecule has 0 radical (unpaired) electrons. The molecule has 1 unspecified atom stereocenters.